The van der Waals surface area contributed by atoms with Gasteiger partial charge in [0.15, 0.2) is 5.96 Å². The first-order valence-electron chi connectivity index (χ1n) is 10.9. The van der Waals surface area contributed by atoms with Crippen LogP contribution in [-0.2, 0) is 18.3 Å². The lowest BCUT2D eigenvalue weighted by atomic mass is 9.99. The first-order chi connectivity index (χ1) is 13.7. The van der Waals surface area contributed by atoms with Crippen LogP contribution in [0.15, 0.2) is 4.99 Å². The number of hydrogen-bond acceptors (Lipinski definition) is 3. The number of carbonyl (C=O) groups is 1. The molecule has 1 rings (SSSR count). The molecule has 2 atom stereocenters. The van der Waals surface area contributed by atoms with Crippen molar-refractivity contribution in [3.05, 3.63) is 17.0 Å². The summed E-state index contributed by atoms with van der Waals surface area (Å²) >= 11 is 0. The highest BCUT2D eigenvalue weighted by molar-refractivity contribution is 14.0. The smallest absolute Gasteiger partial charge is 0.243 e. The number of halogens is 1. The molecule has 0 radical (unpaired) electrons. The third-order valence-corrected chi connectivity index (χ3v) is 5.53. The monoisotopic (exact) mass is 534 g/mol. The number of unbranched alkanes of at least 4 members (excludes halogenated alkanes) is 1. The van der Waals surface area contributed by atoms with Crippen LogP contribution in [0.25, 0.3) is 0 Å². The molecule has 2 unspecified atom stereocenters. The van der Waals surface area contributed by atoms with Crippen molar-refractivity contribution in [3.8, 4) is 0 Å². The average molecular weight is 535 g/mol. The SMILES string of the molecule is CCCCC(CC)CNC(=NCC(=O)N(C)C)NC(C)Cc1c(C)nn(C)c1C.I. The Labute approximate surface area is 200 Å². The van der Waals surface area contributed by atoms with Crippen molar-refractivity contribution in [1.29, 1.82) is 0 Å². The van der Waals surface area contributed by atoms with E-state index in [0.29, 0.717) is 11.9 Å². The van der Waals surface area contributed by atoms with Gasteiger partial charge in [0.2, 0.25) is 5.91 Å². The van der Waals surface area contributed by atoms with Gasteiger partial charge in [-0.3, -0.25) is 9.48 Å². The van der Waals surface area contributed by atoms with Crippen LogP contribution in [0, 0.1) is 19.8 Å². The van der Waals surface area contributed by atoms with Gasteiger partial charge in [0, 0.05) is 39.4 Å². The standard InChI is InChI=1S/C22H42N6O.HI/c1-9-11-12-19(10-2)14-23-22(24-15-21(29)27(6)7)25-16(3)13-20-17(4)26-28(8)18(20)5;/h16,19H,9-15H2,1-8H3,(H2,23,24,25);1H. The Hall–Kier alpha value is -1.32. The molecule has 1 heterocycles. The second-order valence-electron chi connectivity index (χ2n) is 8.27. The number of carbonyl (C=O) groups excluding carboxylic acids is 1. The summed E-state index contributed by atoms with van der Waals surface area (Å²) in [6.07, 6.45) is 5.68. The van der Waals surface area contributed by atoms with Crippen LogP contribution in [0.4, 0.5) is 0 Å². The van der Waals surface area contributed by atoms with Crippen molar-refractivity contribution in [3.63, 3.8) is 0 Å². The first kappa shape index (κ1) is 28.7. The fourth-order valence-corrected chi connectivity index (χ4v) is 3.33. The van der Waals surface area contributed by atoms with Gasteiger partial charge in [-0.05, 0) is 45.1 Å². The Morgan fingerprint density at radius 2 is 1.93 bits per heavy atom. The number of likely N-dealkylation sites (N-methyl/N-ethyl adjacent to an activating group) is 1. The van der Waals surface area contributed by atoms with Gasteiger partial charge in [-0.15, -0.1) is 24.0 Å². The maximum absolute atomic E-state index is 12.0. The van der Waals surface area contributed by atoms with Crippen molar-refractivity contribution in [2.45, 2.75) is 72.8 Å². The van der Waals surface area contributed by atoms with Crippen LogP contribution < -0.4 is 10.6 Å². The van der Waals surface area contributed by atoms with Crippen LogP contribution in [0.5, 0.6) is 0 Å². The summed E-state index contributed by atoms with van der Waals surface area (Å²) in [7, 11) is 5.49. The third kappa shape index (κ3) is 9.66. The average Bonchev–Trinajstić information content (AvgIpc) is 2.91. The van der Waals surface area contributed by atoms with Crippen molar-refractivity contribution >= 4 is 35.8 Å². The molecule has 0 saturated heterocycles. The minimum atomic E-state index is -0.00396. The lowest BCUT2D eigenvalue weighted by molar-refractivity contribution is -0.127. The number of guanidine groups is 1. The minimum Gasteiger partial charge on any atom is -0.356 e. The highest BCUT2D eigenvalue weighted by Crippen LogP contribution is 2.14. The fourth-order valence-electron chi connectivity index (χ4n) is 3.33. The largest absolute Gasteiger partial charge is 0.356 e. The molecule has 1 amide bonds. The van der Waals surface area contributed by atoms with E-state index < -0.39 is 0 Å². The van der Waals surface area contributed by atoms with Crippen molar-refractivity contribution < 1.29 is 4.79 Å². The summed E-state index contributed by atoms with van der Waals surface area (Å²) in [5, 5.41) is 11.5. The summed E-state index contributed by atoms with van der Waals surface area (Å²) < 4.78 is 1.93. The van der Waals surface area contributed by atoms with E-state index in [-0.39, 0.29) is 42.5 Å². The Balaban J connectivity index is 0.00000841. The Kier molecular flexibility index (Phi) is 14.0. The van der Waals surface area contributed by atoms with E-state index >= 15 is 0 Å². The lowest BCUT2D eigenvalue weighted by Crippen LogP contribution is -2.45. The normalized spacial score (nSPS) is 13.4. The first-order valence-corrected chi connectivity index (χ1v) is 10.9. The number of rotatable bonds is 11. The van der Waals surface area contributed by atoms with Crippen LogP contribution in [-0.4, -0.2) is 59.8 Å². The van der Waals surface area contributed by atoms with Gasteiger partial charge in [-0.25, -0.2) is 4.99 Å². The quantitative estimate of drug-likeness (QED) is 0.259. The van der Waals surface area contributed by atoms with E-state index in [1.165, 1.54) is 30.5 Å². The predicted molar refractivity (Wildman–Crippen MR) is 137 cm³/mol. The molecule has 0 aliphatic carbocycles. The Morgan fingerprint density at radius 3 is 2.43 bits per heavy atom. The van der Waals surface area contributed by atoms with Crippen LogP contribution in [0.2, 0.25) is 0 Å². The van der Waals surface area contributed by atoms with Gasteiger partial charge in [0.25, 0.3) is 0 Å². The van der Waals surface area contributed by atoms with Gasteiger partial charge in [-0.2, -0.15) is 5.10 Å². The molecular weight excluding hydrogens is 491 g/mol. The Morgan fingerprint density at radius 1 is 1.27 bits per heavy atom. The van der Waals surface area contributed by atoms with E-state index in [2.05, 4.69) is 55.3 Å². The summed E-state index contributed by atoms with van der Waals surface area (Å²) in [6.45, 7) is 11.8. The van der Waals surface area contributed by atoms with E-state index in [4.69, 9.17) is 0 Å². The van der Waals surface area contributed by atoms with Gasteiger partial charge in [-0.1, -0.05) is 33.1 Å². The van der Waals surface area contributed by atoms with Crippen LogP contribution >= 0.6 is 24.0 Å². The molecule has 30 heavy (non-hydrogen) atoms. The number of aliphatic imine (C=N–C) groups is 1. The van der Waals surface area contributed by atoms with Gasteiger partial charge in [0.05, 0.1) is 5.69 Å². The zero-order valence-electron chi connectivity index (χ0n) is 20.2. The molecule has 0 aromatic carbocycles. The molecule has 0 bridgehead atoms. The number of hydrogen-bond donors (Lipinski definition) is 2. The molecule has 0 aliphatic rings. The molecule has 2 N–H and O–H groups in total. The highest BCUT2D eigenvalue weighted by Gasteiger charge is 2.15. The lowest BCUT2D eigenvalue weighted by Gasteiger charge is -2.22. The fraction of sp³-hybridized carbons (Fsp3) is 0.773. The maximum Gasteiger partial charge on any atom is 0.243 e. The van der Waals surface area contributed by atoms with Crippen molar-refractivity contribution in [2.75, 3.05) is 27.2 Å². The Bertz CT molecular complexity index is 671. The van der Waals surface area contributed by atoms with Gasteiger partial charge >= 0.3 is 0 Å². The number of amides is 1. The second-order valence-corrected chi connectivity index (χ2v) is 8.27. The van der Waals surface area contributed by atoms with E-state index in [9.17, 15) is 4.79 Å². The molecule has 8 heteroatoms. The van der Waals surface area contributed by atoms with Crippen molar-refractivity contribution in [1.82, 2.24) is 25.3 Å². The highest BCUT2D eigenvalue weighted by atomic mass is 127. The van der Waals surface area contributed by atoms with E-state index in [1.807, 2.05) is 11.7 Å². The number of nitrogens with zero attached hydrogens (tertiary/aromatic N) is 4. The molecular formula is C22H43IN6O. The molecule has 7 nitrogen and oxygen atoms in total. The third-order valence-electron chi connectivity index (χ3n) is 5.53. The van der Waals surface area contributed by atoms with Gasteiger partial charge < -0.3 is 15.5 Å². The molecule has 174 valence electrons. The molecule has 1 aromatic rings. The zero-order valence-corrected chi connectivity index (χ0v) is 22.5. The maximum atomic E-state index is 12.0. The summed E-state index contributed by atoms with van der Waals surface area (Å²) in [5.74, 6) is 1.32. The summed E-state index contributed by atoms with van der Waals surface area (Å²) in [6, 6.07) is 0.174. The topological polar surface area (TPSA) is 74.6 Å². The number of aryl methyl sites for hydroxylation is 2. The van der Waals surface area contributed by atoms with Crippen molar-refractivity contribution in [2.24, 2.45) is 18.0 Å². The second kappa shape index (κ2) is 14.6. The minimum absolute atomic E-state index is 0. The molecule has 0 fully saturated rings. The molecule has 1 aromatic heterocycles. The number of nitrogens with one attached hydrogen (secondary N) is 2. The molecule has 0 saturated carbocycles. The van der Waals surface area contributed by atoms with Crippen LogP contribution in [0.1, 0.15) is 63.4 Å². The van der Waals surface area contributed by atoms with Crippen LogP contribution in [0.3, 0.4) is 0 Å². The zero-order chi connectivity index (χ0) is 22.0. The van der Waals surface area contributed by atoms with E-state index in [0.717, 1.165) is 25.1 Å². The van der Waals surface area contributed by atoms with Gasteiger partial charge in [0.1, 0.15) is 6.54 Å². The summed E-state index contributed by atoms with van der Waals surface area (Å²) in [4.78, 5) is 18.1. The number of aromatic nitrogens is 2. The van der Waals surface area contributed by atoms with E-state index in [1.54, 1.807) is 19.0 Å². The summed E-state index contributed by atoms with van der Waals surface area (Å²) in [5.41, 5.74) is 3.53. The molecule has 0 spiro atoms. The predicted octanol–water partition coefficient (Wildman–Crippen LogP) is 3.43. The molecule has 0 aliphatic heterocycles.